The Morgan fingerprint density at radius 2 is 2.19 bits per heavy atom. The van der Waals surface area contributed by atoms with Gasteiger partial charge >= 0.3 is 0 Å². The van der Waals surface area contributed by atoms with Crippen molar-refractivity contribution in [3.63, 3.8) is 0 Å². The minimum Gasteiger partial charge on any atom is -0.356 e. The lowest BCUT2D eigenvalue weighted by Gasteiger charge is -2.06. The van der Waals surface area contributed by atoms with Crippen molar-refractivity contribution in [1.82, 2.24) is 24.1 Å². The van der Waals surface area contributed by atoms with E-state index in [0.717, 1.165) is 30.5 Å². The molecule has 2 aromatic heterocycles. The van der Waals surface area contributed by atoms with Crippen molar-refractivity contribution in [1.29, 1.82) is 0 Å². The second kappa shape index (κ2) is 6.45. The van der Waals surface area contributed by atoms with Gasteiger partial charge in [-0.15, -0.1) is 0 Å². The van der Waals surface area contributed by atoms with Gasteiger partial charge in [0.1, 0.15) is 18.5 Å². The summed E-state index contributed by atoms with van der Waals surface area (Å²) in [6.07, 6.45) is 4.14. The van der Waals surface area contributed by atoms with Gasteiger partial charge in [-0.05, 0) is 11.1 Å². The van der Waals surface area contributed by atoms with Crippen LogP contribution >= 0.6 is 11.5 Å². The predicted molar refractivity (Wildman–Crippen MR) is 82.2 cm³/mol. The Bertz CT molecular complexity index is 691. The number of hydrogen-bond acceptors (Lipinski definition) is 6. The van der Waals surface area contributed by atoms with Crippen molar-refractivity contribution >= 4 is 16.7 Å². The molecule has 0 aliphatic heterocycles. The van der Waals surface area contributed by atoms with Crippen molar-refractivity contribution in [2.45, 2.75) is 26.4 Å². The number of nitrogens with one attached hydrogen (secondary N) is 1. The molecule has 21 heavy (non-hydrogen) atoms. The first kappa shape index (κ1) is 13.7. The van der Waals surface area contributed by atoms with Gasteiger partial charge in [-0.3, -0.25) is 0 Å². The minimum atomic E-state index is 0.729. The first-order valence-corrected chi connectivity index (χ1v) is 7.57. The smallest absolute Gasteiger partial charge is 0.202 e. The highest BCUT2D eigenvalue weighted by Gasteiger charge is 2.02. The molecule has 0 aliphatic carbocycles. The van der Waals surface area contributed by atoms with E-state index in [9.17, 15) is 0 Å². The Morgan fingerprint density at radius 1 is 1.29 bits per heavy atom. The van der Waals surface area contributed by atoms with Crippen LogP contribution in [0.4, 0.5) is 5.13 Å². The molecule has 0 saturated heterocycles. The second-order valence-corrected chi connectivity index (χ2v) is 5.39. The average molecular weight is 300 g/mol. The third kappa shape index (κ3) is 3.63. The molecular formula is C14H16N6S. The monoisotopic (exact) mass is 300 g/mol. The van der Waals surface area contributed by atoms with Crippen LogP contribution in [-0.2, 0) is 19.5 Å². The van der Waals surface area contributed by atoms with Crippen LogP contribution in [0.2, 0.25) is 0 Å². The molecule has 0 aliphatic rings. The van der Waals surface area contributed by atoms with E-state index in [1.165, 1.54) is 22.7 Å². The first-order valence-electron chi connectivity index (χ1n) is 6.80. The van der Waals surface area contributed by atoms with Crippen LogP contribution in [0.15, 0.2) is 36.9 Å². The fourth-order valence-electron chi connectivity index (χ4n) is 1.99. The Kier molecular flexibility index (Phi) is 4.20. The molecule has 1 N–H and O–H groups in total. The third-order valence-electron chi connectivity index (χ3n) is 3.03. The van der Waals surface area contributed by atoms with Crippen molar-refractivity contribution in [2.75, 3.05) is 5.32 Å². The molecule has 0 saturated carbocycles. The van der Waals surface area contributed by atoms with Gasteiger partial charge in [-0.2, -0.15) is 9.47 Å². The van der Waals surface area contributed by atoms with Gasteiger partial charge in [0.15, 0.2) is 0 Å². The molecule has 0 unspecified atom stereocenters. The van der Waals surface area contributed by atoms with Crippen molar-refractivity contribution < 1.29 is 0 Å². The minimum absolute atomic E-state index is 0.729. The van der Waals surface area contributed by atoms with E-state index in [2.05, 4.69) is 55.9 Å². The molecule has 2 heterocycles. The Hall–Kier alpha value is -2.28. The standard InChI is InChI=1S/C14H16N6S/c1-2-13-18-14(21-19-13)16-7-11-4-3-5-12(6-11)8-20-10-15-9-17-20/h3-6,9-10H,2,7-8H2,1H3,(H,16,18,19). The lowest BCUT2D eigenvalue weighted by atomic mass is 10.1. The number of aryl methyl sites for hydroxylation is 1. The number of benzene rings is 1. The molecule has 0 radical (unpaired) electrons. The SMILES string of the molecule is CCc1nsc(NCc2cccc(Cn3cncn3)c2)n1. The number of nitrogens with zero attached hydrogens (tertiary/aromatic N) is 5. The van der Waals surface area contributed by atoms with E-state index >= 15 is 0 Å². The summed E-state index contributed by atoms with van der Waals surface area (Å²) in [5, 5.41) is 8.30. The molecule has 0 spiro atoms. The van der Waals surface area contributed by atoms with Gasteiger partial charge in [0.25, 0.3) is 0 Å². The number of hydrogen-bond donors (Lipinski definition) is 1. The fraction of sp³-hybridized carbons (Fsp3) is 0.286. The van der Waals surface area contributed by atoms with Crippen LogP contribution in [0.1, 0.15) is 23.9 Å². The molecule has 0 fully saturated rings. The summed E-state index contributed by atoms with van der Waals surface area (Å²) in [6.45, 7) is 3.52. The number of rotatable bonds is 6. The molecule has 6 nitrogen and oxygen atoms in total. The largest absolute Gasteiger partial charge is 0.356 e. The summed E-state index contributed by atoms with van der Waals surface area (Å²) in [4.78, 5) is 8.35. The van der Waals surface area contributed by atoms with Gasteiger partial charge in [0.05, 0.1) is 6.54 Å². The van der Waals surface area contributed by atoms with Crippen LogP contribution in [0.25, 0.3) is 0 Å². The van der Waals surface area contributed by atoms with Gasteiger partial charge in [0.2, 0.25) is 5.13 Å². The van der Waals surface area contributed by atoms with Gasteiger partial charge in [-0.25, -0.2) is 14.6 Å². The molecule has 7 heteroatoms. The lowest BCUT2D eigenvalue weighted by molar-refractivity contribution is 0.684. The summed E-state index contributed by atoms with van der Waals surface area (Å²) >= 11 is 1.41. The first-order chi connectivity index (χ1) is 10.3. The zero-order valence-corrected chi connectivity index (χ0v) is 12.5. The molecule has 108 valence electrons. The average Bonchev–Trinajstić information content (AvgIpc) is 3.17. The van der Waals surface area contributed by atoms with Crippen LogP contribution in [0.5, 0.6) is 0 Å². The number of aromatic nitrogens is 5. The zero-order valence-electron chi connectivity index (χ0n) is 11.7. The predicted octanol–water partition coefficient (Wildman–Crippen LogP) is 2.35. The van der Waals surface area contributed by atoms with Crippen LogP contribution < -0.4 is 5.32 Å². The maximum atomic E-state index is 4.40. The van der Waals surface area contributed by atoms with Crippen LogP contribution in [0, 0.1) is 0 Å². The Labute approximate surface area is 127 Å². The molecule has 0 amide bonds. The zero-order chi connectivity index (χ0) is 14.5. The maximum Gasteiger partial charge on any atom is 0.202 e. The highest BCUT2D eigenvalue weighted by molar-refractivity contribution is 7.09. The van der Waals surface area contributed by atoms with Crippen molar-refractivity contribution in [3.05, 3.63) is 53.9 Å². The topological polar surface area (TPSA) is 68.5 Å². The van der Waals surface area contributed by atoms with Crippen LogP contribution in [-0.4, -0.2) is 24.1 Å². The van der Waals surface area contributed by atoms with E-state index in [4.69, 9.17) is 0 Å². The summed E-state index contributed by atoms with van der Waals surface area (Å²) in [5.74, 6) is 0.891. The lowest BCUT2D eigenvalue weighted by Crippen LogP contribution is -2.03. The van der Waals surface area contributed by atoms with Crippen molar-refractivity contribution in [2.24, 2.45) is 0 Å². The Balaban J connectivity index is 1.63. The third-order valence-corrected chi connectivity index (χ3v) is 3.74. The quantitative estimate of drug-likeness (QED) is 0.757. The van der Waals surface area contributed by atoms with Crippen LogP contribution in [0.3, 0.4) is 0 Å². The van der Waals surface area contributed by atoms with Crippen molar-refractivity contribution in [3.8, 4) is 0 Å². The molecule has 0 atom stereocenters. The van der Waals surface area contributed by atoms with Gasteiger partial charge < -0.3 is 5.32 Å². The summed E-state index contributed by atoms with van der Waals surface area (Å²) in [7, 11) is 0. The molecule has 3 rings (SSSR count). The maximum absolute atomic E-state index is 4.40. The van der Waals surface area contributed by atoms with E-state index in [0.29, 0.717) is 0 Å². The fourth-order valence-corrected chi connectivity index (χ4v) is 2.63. The normalized spacial score (nSPS) is 10.7. The van der Waals surface area contributed by atoms with E-state index < -0.39 is 0 Å². The highest BCUT2D eigenvalue weighted by atomic mass is 32.1. The van der Waals surface area contributed by atoms with E-state index in [-0.39, 0.29) is 0 Å². The summed E-state index contributed by atoms with van der Waals surface area (Å²) in [5.41, 5.74) is 2.41. The summed E-state index contributed by atoms with van der Waals surface area (Å²) in [6, 6.07) is 8.40. The van der Waals surface area contributed by atoms with Gasteiger partial charge in [-0.1, -0.05) is 31.2 Å². The molecule has 1 aromatic carbocycles. The second-order valence-electron chi connectivity index (χ2n) is 4.64. The number of anilines is 1. The highest BCUT2D eigenvalue weighted by Crippen LogP contribution is 2.14. The van der Waals surface area contributed by atoms with Gasteiger partial charge in [0, 0.05) is 24.5 Å². The van der Waals surface area contributed by atoms with E-state index in [1.807, 2.05) is 4.68 Å². The van der Waals surface area contributed by atoms with E-state index in [1.54, 1.807) is 12.7 Å². The summed E-state index contributed by atoms with van der Waals surface area (Å²) < 4.78 is 6.07. The Morgan fingerprint density at radius 3 is 2.95 bits per heavy atom. The molecular weight excluding hydrogens is 284 g/mol. The molecule has 0 bridgehead atoms. The molecule has 3 aromatic rings.